The van der Waals surface area contributed by atoms with Gasteiger partial charge >= 0.3 is 17.6 Å². The van der Waals surface area contributed by atoms with Crippen molar-refractivity contribution in [3.05, 3.63) is 29.2 Å². The largest absolute Gasteiger partial charge is 0.465 e. The fraction of sp³-hybridized carbons (Fsp3) is 0.273. The number of benzene rings is 1. The van der Waals surface area contributed by atoms with E-state index in [1.807, 2.05) is 0 Å². The van der Waals surface area contributed by atoms with E-state index < -0.39 is 6.09 Å². The van der Waals surface area contributed by atoms with Gasteiger partial charge in [-0.2, -0.15) is 0 Å². The van der Waals surface area contributed by atoms with E-state index in [4.69, 9.17) is 5.11 Å². The molecule has 9 nitrogen and oxygen atoms in total. The standard InChI is InChI=1S/C11H13N5O4/c17-11(18)13-7-3-6-12-10-14-16(20)9-5-2-1-4-8(9)15(10)19/h1-2,4-5,13,19H,3,6-7H2,(H-,12,14,17,18,20)/p+1. The van der Waals surface area contributed by atoms with E-state index in [1.54, 1.807) is 24.3 Å². The molecule has 1 aromatic heterocycles. The number of amides is 1. The second-order valence-electron chi connectivity index (χ2n) is 4.01. The molecule has 0 radical (unpaired) electrons. The third-order valence-electron chi connectivity index (χ3n) is 2.62. The van der Waals surface area contributed by atoms with Crippen LogP contribution in [0.2, 0.25) is 0 Å². The Morgan fingerprint density at radius 3 is 2.85 bits per heavy atom. The molecule has 2 aromatic rings. The topological polar surface area (TPSA) is 122 Å². The number of para-hydroxylation sites is 2. The zero-order valence-electron chi connectivity index (χ0n) is 10.5. The fourth-order valence-electron chi connectivity index (χ4n) is 1.70. The van der Waals surface area contributed by atoms with E-state index in [2.05, 4.69) is 15.7 Å². The number of nitrogens with one attached hydrogen (secondary N) is 2. The van der Waals surface area contributed by atoms with E-state index in [0.29, 0.717) is 23.0 Å². The number of carbonyl (C=O) groups is 1. The van der Waals surface area contributed by atoms with Crippen LogP contribution in [0.15, 0.2) is 24.3 Å². The molecule has 0 fully saturated rings. The van der Waals surface area contributed by atoms with Crippen molar-refractivity contribution in [3.8, 4) is 0 Å². The van der Waals surface area contributed by atoms with Gasteiger partial charge < -0.3 is 20.9 Å². The Morgan fingerprint density at radius 1 is 1.35 bits per heavy atom. The van der Waals surface area contributed by atoms with Crippen LogP contribution in [-0.4, -0.2) is 39.3 Å². The van der Waals surface area contributed by atoms with Gasteiger partial charge in [-0.15, -0.1) is 4.73 Å². The zero-order chi connectivity index (χ0) is 14.5. The van der Waals surface area contributed by atoms with E-state index in [1.165, 1.54) is 0 Å². The van der Waals surface area contributed by atoms with Gasteiger partial charge in [0.05, 0.1) is 10.0 Å². The monoisotopic (exact) mass is 280 g/mol. The SMILES string of the molecule is O=C(O)NCCCNc1n[n+](=O)c2ccccc2n1O. The molecule has 0 aliphatic heterocycles. The average Bonchev–Trinajstić information content (AvgIpc) is 2.43. The van der Waals surface area contributed by atoms with Crippen LogP contribution in [0.4, 0.5) is 10.7 Å². The first-order chi connectivity index (χ1) is 9.59. The number of hydrogen-bond donors (Lipinski definition) is 4. The predicted octanol–water partition coefficient (Wildman–Crippen LogP) is 0.258. The van der Waals surface area contributed by atoms with E-state index in [9.17, 15) is 14.9 Å². The average molecular weight is 280 g/mol. The second kappa shape index (κ2) is 5.87. The Balaban J connectivity index is 2.09. The van der Waals surface area contributed by atoms with Gasteiger partial charge in [-0.05, 0) is 12.5 Å². The van der Waals surface area contributed by atoms with Crippen molar-refractivity contribution in [3.63, 3.8) is 0 Å². The molecule has 0 saturated carbocycles. The molecule has 0 spiro atoms. The number of fused-ring (bicyclic) bond motifs is 1. The van der Waals surface area contributed by atoms with Crippen LogP contribution in [0.5, 0.6) is 0 Å². The lowest BCUT2D eigenvalue weighted by Gasteiger charge is -2.06. The van der Waals surface area contributed by atoms with E-state index in [0.717, 1.165) is 4.73 Å². The van der Waals surface area contributed by atoms with Crippen LogP contribution in [0.3, 0.4) is 0 Å². The van der Waals surface area contributed by atoms with Crippen LogP contribution in [0, 0.1) is 4.91 Å². The summed E-state index contributed by atoms with van der Waals surface area (Å²) in [5.41, 5.74) is 0.566. The summed E-state index contributed by atoms with van der Waals surface area (Å²) in [6.07, 6.45) is -0.608. The third-order valence-corrected chi connectivity index (χ3v) is 2.62. The van der Waals surface area contributed by atoms with Crippen molar-refractivity contribution in [2.75, 3.05) is 18.4 Å². The Morgan fingerprint density at radius 2 is 2.10 bits per heavy atom. The molecule has 2 rings (SSSR count). The first-order valence-corrected chi connectivity index (χ1v) is 5.94. The number of aromatic nitrogens is 3. The molecule has 106 valence electrons. The molecule has 1 heterocycles. The Hall–Kier alpha value is -2.84. The molecule has 0 unspecified atom stereocenters. The summed E-state index contributed by atoms with van der Waals surface area (Å²) in [6.45, 7) is 0.616. The summed E-state index contributed by atoms with van der Waals surface area (Å²) in [5.74, 6) is -0.00553. The number of anilines is 1. The van der Waals surface area contributed by atoms with E-state index in [-0.39, 0.29) is 18.0 Å². The Kier molecular flexibility index (Phi) is 3.99. The molecule has 4 N–H and O–H groups in total. The van der Waals surface area contributed by atoms with Crippen molar-refractivity contribution < 1.29 is 19.7 Å². The van der Waals surface area contributed by atoms with Gasteiger partial charge in [0.2, 0.25) is 0 Å². The summed E-state index contributed by atoms with van der Waals surface area (Å²) in [7, 11) is 0. The summed E-state index contributed by atoms with van der Waals surface area (Å²) < 4.78 is 1.20. The third kappa shape index (κ3) is 2.94. The van der Waals surface area contributed by atoms with Crippen LogP contribution < -0.4 is 15.2 Å². The molecule has 0 aliphatic carbocycles. The molecule has 1 amide bonds. The summed E-state index contributed by atoms with van der Waals surface area (Å²) in [5, 5.41) is 27.0. The second-order valence-corrected chi connectivity index (χ2v) is 4.01. The van der Waals surface area contributed by atoms with Crippen LogP contribution >= 0.6 is 0 Å². The number of hydrogen-bond acceptors (Lipinski definition) is 5. The lowest BCUT2D eigenvalue weighted by Crippen LogP contribution is -2.28. The van der Waals surface area contributed by atoms with Gasteiger partial charge in [0, 0.05) is 19.2 Å². The van der Waals surface area contributed by atoms with E-state index >= 15 is 0 Å². The predicted molar refractivity (Wildman–Crippen MR) is 69.4 cm³/mol. The van der Waals surface area contributed by atoms with Crippen molar-refractivity contribution in [2.45, 2.75) is 6.42 Å². The minimum atomic E-state index is -1.09. The normalized spacial score (nSPS) is 10.4. The highest BCUT2D eigenvalue weighted by atomic mass is 16.5. The van der Waals surface area contributed by atoms with Gasteiger partial charge in [0.1, 0.15) is 0 Å². The molecular weight excluding hydrogens is 266 g/mol. The summed E-state index contributed by atoms with van der Waals surface area (Å²) >= 11 is 0. The first-order valence-electron chi connectivity index (χ1n) is 5.94. The smallest absolute Gasteiger partial charge is 0.404 e. The molecule has 1 aromatic carbocycles. The Labute approximate surface area is 113 Å². The Bertz CT molecular complexity index is 684. The maximum Gasteiger partial charge on any atom is 0.404 e. The van der Waals surface area contributed by atoms with Gasteiger partial charge in [0.25, 0.3) is 0 Å². The minimum Gasteiger partial charge on any atom is -0.465 e. The lowest BCUT2D eigenvalue weighted by molar-refractivity contribution is -0.535. The van der Waals surface area contributed by atoms with Crippen LogP contribution in [-0.2, 0) is 0 Å². The van der Waals surface area contributed by atoms with Crippen molar-refractivity contribution >= 4 is 23.1 Å². The zero-order valence-corrected chi connectivity index (χ0v) is 10.5. The van der Waals surface area contributed by atoms with Crippen molar-refractivity contribution in [2.24, 2.45) is 0 Å². The lowest BCUT2D eigenvalue weighted by atomic mass is 10.3. The minimum absolute atomic E-state index is 0.00553. The highest BCUT2D eigenvalue weighted by Gasteiger charge is 2.16. The fourth-order valence-corrected chi connectivity index (χ4v) is 1.70. The van der Waals surface area contributed by atoms with Crippen molar-refractivity contribution in [1.82, 2.24) is 15.1 Å². The number of rotatable bonds is 5. The maximum absolute atomic E-state index is 11.7. The number of carboxylic acid groups (broad SMARTS) is 1. The van der Waals surface area contributed by atoms with Gasteiger partial charge in [-0.3, -0.25) is 0 Å². The quantitative estimate of drug-likeness (QED) is 0.354. The highest BCUT2D eigenvalue weighted by molar-refractivity contribution is 5.71. The van der Waals surface area contributed by atoms with Gasteiger partial charge in [-0.1, -0.05) is 12.1 Å². The first kappa shape index (κ1) is 13.6. The molecule has 0 bridgehead atoms. The van der Waals surface area contributed by atoms with Gasteiger partial charge in [0.15, 0.2) is 10.1 Å². The molecule has 0 atom stereocenters. The highest BCUT2D eigenvalue weighted by Crippen LogP contribution is 2.10. The van der Waals surface area contributed by atoms with Gasteiger partial charge in [-0.25, -0.2) is 4.79 Å². The van der Waals surface area contributed by atoms with Crippen LogP contribution in [0.1, 0.15) is 6.42 Å². The molecule has 9 heteroatoms. The summed E-state index contributed by atoms with van der Waals surface area (Å²) in [4.78, 5) is 21.9. The molecular formula is C11H14N5O4+. The molecule has 20 heavy (non-hydrogen) atoms. The van der Waals surface area contributed by atoms with Crippen molar-refractivity contribution in [1.29, 1.82) is 0 Å². The summed E-state index contributed by atoms with van der Waals surface area (Å²) in [6, 6.07) is 6.49. The molecule has 0 aliphatic rings. The van der Waals surface area contributed by atoms with Crippen LogP contribution in [0.25, 0.3) is 11.0 Å². The maximum atomic E-state index is 11.7. The number of nitrogens with zero attached hydrogens (tertiary/aromatic N) is 3. The molecule has 0 saturated heterocycles.